The zero-order valence-electron chi connectivity index (χ0n) is 19.0. The van der Waals surface area contributed by atoms with Crippen LogP contribution in [0, 0.1) is 0 Å². The lowest BCUT2D eigenvalue weighted by molar-refractivity contribution is -0.144. The molecule has 1 aliphatic rings. The molecule has 1 saturated heterocycles. The number of carbonyl (C=O) groups is 2. The molecule has 11 heteroatoms. The van der Waals surface area contributed by atoms with Gasteiger partial charge in [0.05, 0.1) is 6.26 Å². The number of amides is 2. The van der Waals surface area contributed by atoms with Crippen LogP contribution >= 0.6 is 0 Å². The van der Waals surface area contributed by atoms with E-state index in [1.54, 1.807) is 60.7 Å². The number of carbonyl (C=O) groups excluding carboxylic acids is 2. The summed E-state index contributed by atoms with van der Waals surface area (Å²) in [4.78, 5) is 25.2. The Morgan fingerprint density at radius 3 is 2.00 bits per heavy atom. The molecule has 2 amide bonds. The summed E-state index contributed by atoms with van der Waals surface area (Å²) >= 11 is 0. The van der Waals surface area contributed by atoms with Gasteiger partial charge in [0.2, 0.25) is 0 Å². The van der Waals surface area contributed by atoms with Crippen molar-refractivity contribution in [3.8, 4) is 0 Å². The van der Waals surface area contributed by atoms with Crippen molar-refractivity contribution in [1.82, 2.24) is 10.6 Å². The second kappa shape index (κ2) is 11.5. The molecule has 184 valence electrons. The number of hydrogen-bond donors (Lipinski definition) is 2. The highest BCUT2D eigenvalue weighted by Crippen LogP contribution is 2.28. The summed E-state index contributed by atoms with van der Waals surface area (Å²) < 4.78 is 46.1. The maximum atomic E-state index is 12.7. The predicted molar refractivity (Wildman–Crippen MR) is 123 cm³/mol. The fraction of sp³-hybridized carbons (Fsp3) is 0.391. The van der Waals surface area contributed by atoms with Crippen molar-refractivity contribution in [3.05, 3.63) is 71.8 Å². The summed E-state index contributed by atoms with van der Waals surface area (Å²) in [6.07, 6.45) is -3.01. The summed E-state index contributed by atoms with van der Waals surface area (Å²) in [5, 5.41) is 5.49. The van der Waals surface area contributed by atoms with E-state index >= 15 is 0 Å². The van der Waals surface area contributed by atoms with E-state index in [2.05, 4.69) is 10.6 Å². The number of methoxy groups -OCH3 is 2. The maximum absolute atomic E-state index is 12.7. The topological polar surface area (TPSA) is 129 Å². The smallest absolute Gasteiger partial charge is 0.264 e. The molecular weight excluding hydrogens is 464 g/mol. The van der Waals surface area contributed by atoms with Crippen LogP contribution in [0.2, 0.25) is 0 Å². The Labute approximate surface area is 198 Å². The van der Waals surface area contributed by atoms with E-state index in [1.165, 1.54) is 14.2 Å². The maximum Gasteiger partial charge on any atom is 0.264 e. The van der Waals surface area contributed by atoms with Crippen molar-refractivity contribution in [3.63, 3.8) is 0 Å². The Hall–Kier alpha value is -2.83. The Kier molecular flexibility index (Phi) is 8.75. The van der Waals surface area contributed by atoms with Crippen molar-refractivity contribution in [2.24, 2.45) is 0 Å². The molecule has 0 radical (unpaired) electrons. The van der Waals surface area contributed by atoms with E-state index in [1.807, 2.05) is 0 Å². The zero-order valence-corrected chi connectivity index (χ0v) is 19.9. The molecule has 0 bridgehead atoms. The van der Waals surface area contributed by atoms with E-state index in [0.717, 1.165) is 6.26 Å². The van der Waals surface area contributed by atoms with Crippen LogP contribution in [0.5, 0.6) is 0 Å². The molecule has 34 heavy (non-hydrogen) atoms. The first kappa shape index (κ1) is 25.8. The standard InChI is InChI=1S/C23H28N2O8S/c1-30-20-18(25-22(27)16-12-8-5-9-13-16)23(31-2)32-19(20)17(33-34(3,28)29)14-24-21(26)15-10-6-4-7-11-15/h4-13,17-20,23H,14H2,1-3H3,(H,24,26)(H,25,27)/t17-,18+,19+,20+,23+/m0/s1. The monoisotopic (exact) mass is 492 g/mol. The van der Waals surface area contributed by atoms with Crippen LogP contribution in [0.3, 0.4) is 0 Å². The van der Waals surface area contributed by atoms with Gasteiger partial charge < -0.3 is 24.8 Å². The van der Waals surface area contributed by atoms with Crippen molar-refractivity contribution in [2.45, 2.75) is 30.6 Å². The third kappa shape index (κ3) is 6.61. The van der Waals surface area contributed by atoms with Crippen LogP contribution < -0.4 is 10.6 Å². The molecule has 0 unspecified atom stereocenters. The molecule has 2 aromatic rings. The van der Waals surface area contributed by atoms with Crippen molar-refractivity contribution < 1.29 is 36.4 Å². The van der Waals surface area contributed by atoms with Crippen LogP contribution in [0.25, 0.3) is 0 Å². The third-order valence-electron chi connectivity index (χ3n) is 5.27. The minimum absolute atomic E-state index is 0.193. The Morgan fingerprint density at radius 2 is 1.50 bits per heavy atom. The Balaban J connectivity index is 1.79. The first-order valence-electron chi connectivity index (χ1n) is 10.5. The van der Waals surface area contributed by atoms with Gasteiger partial charge in [-0.1, -0.05) is 36.4 Å². The van der Waals surface area contributed by atoms with Gasteiger partial charge in [0.15, 0.2) is 6.29 Å². The van der Waals surface area contributed by atoms with Gasteiger partial charge in [-0.05, 0) is 24.3 Å². The number of rotatable bonds is 10. The lowest BCUT2D eigenvalue weighted by Crippen LogP contribution is -2.52. The van der Waals surface area contributed by atoms with Crippen LogP contribution in [0.1, 0.15) is 20.7 Å². The molecule has 2 N–H and O–H groups in total. The predicted octanol–water partition coefficient (Wildman–Crippen LogP) is 0.946. The molecule has 0 aliphatic carbocycles. The Morgan fingerprint density at radius 1 is 0.941 bits per heavy atom. The van der Waals surface area contributed by atoms with Crippen LogP contribution in [0.15, 0.2) is 60.7 Å². The average molecular weight is 493 g/mol. The van der Waals surface area contributed by atoms with Gasteiger partial charge in [-0.15, -0.1) is 0 Å². The lowest BCUT2D eigenvalue weighted by Gasteiger charge is -2.27. The normalized spacial score (nSPS) is 23.3. The van der Waals surface area contributed by atoms with E-state index in [-0.39, 0.29) is 12.5 Å². The minimum Gasteiger partial charge on any atom is -0.376 e. The van der Waals surface area contributed by atoms with Gasteiger partial charge in [-0.2, -0.15) is 8.42 Å². The van der Waals surface area contributed by atoms with Crippen molar-refractivity contribution in [1.29, 1.82) is 0 Å². The average Bonchev–Trinajstić information content (AvgIpc) is 3.19. The van der Waals surface area contributed by atoms with E-state index in [4.69, 9.17) is 18.4 Å². The number of ether oxygens (including phenoxy) is 3. The molecule has 0 spiro atoms. The fourth-order valence-corrected chi connectivity index (χ4v) is 4.37. The molecule has 3 rings (SSSR count). The summed E-state index contributed by atoms with van der Waals surface area (Å²) in [7, 11) is -1.13. The molecule has 5 atom stereocenters. The molecule has 0 aromatic heterocycles. The summed E-state index contributed by atoms with van der Waals surface area (Å²) in [5.41, 5.74) is 0.828. The Bertz CT molecular complexity index is 1060. The van der Waals surface area contributed by atoms with Crippen LogP contribution in [-0.4, -0.2) is 77.9 Å². The highest BCUT2D eigenvalue weighted by Gasteiger charge is 2.50. The number of hydrogen-bond acceptors (Lipinski definition) is 8. The molecular formula is C23H28N2O8S. The van der Waals surface area contributed by atoms with Gasteiger partial charge in [0.25, 0.3) is 21.9 Å². The second-order valence-electron chi connectivity index (χ2n) is 7.69. The number of nitrogens with one attached hydrogen (secondary N) is 2. The molecule has 0 saturated carbocycles. The summed E-state index contributed by atoms with van der Waals surface area (Å²) in [6.45, 7) is -0.193. The second-order valence-corrected chi connectivity index (χ2v) is 9.29. The van der Waals surface area contributed by atoms with E-state index < -0.39 is 46.7 Å². The van der Waals surface area contributed by atoms with Gasteiger partial charge >= 0.3 is 0 Å². The van der Waals surface area contributed by atoms with Gasteiger partial charge in [-0.25, -0.2) is 0 Å². The lowest BCUT2D eigenvalue weighted by atomic mass is 10.0. The first-order valence-corrected chi connectivity index (χ1v) is 12.3. The van der Waals surface area contributed by atoms with Gasteiger partial charge in [0.1, 0.15) is 24.4 Å². The van der Waals surface area contributed by atoms with Gasteiger partial charge in [-0.3, -0.25) is 13.8 Å². The third-order valence-corrected chi connectivity index (χ3v) is 5.86. The van der Waals surface area contributed by atoms with Crippen LogP contribution in [-0.2, 0) is 28.5 Å². The first-order chi connectivity index (χ1) is 16.2. The molecule has 10 nitrogen and oxygen atoms in total. The highest BCUT2D eigenvalue weighted by molar-refractivity contribution is 7.86. The zero-order chi connectivity index (χ0) is 24.7. The quantitative estimate of drug-likeness (QED) is 0.469. The fourth-order valence-electron chi connectivity index (χ4n) is 3.75. The summed E-state index contributed by atoms with van der Waals surface area (Å²) in [5.74, 6) is -0.788. The minimum atomic E-state index is -3.93. The largest absolute Gasteiger partial charge is 0.376 e. The van der Waals surface area contributed by atoms with Gasteiger partial charge in [0, 0.05) is 31.9 Å². The number of benzene rings is 2. The SMILES string of the molecule is CO[C@@H]1O[C@H]([C@H](CNC(=O)c2ccccc2)OS(C)(=O)=O)[C@H](OC)[C@H]1NC(=O)c1ccccc1. The highest BCUT2D eigenvalue weighted by atomic mass is 32.2. The van der Waals surface area contributed by atoms with E-state index in [0.29, 0.717) is 11.1 Å². The molecule has 1 fully saturated rings. The molecule has 2 aromatic carbocycles. The van der Waals surface area contributed by atoms with Crippen molar-refractivity contribution >= 4 is 21.9 Å². The van der Waals surface area contributed by atoms with E-state index in [9.17, 15) is 18.0 Å². The molecule has 1 heterocycles. The van der Waals surface area contributed by atoms with Crippen LogP contribution in [0.4, 0.5) is 0 Å². The van der Waals surface area contributed by atoms with Crippen molar-refractivity contribution in [2.75, 3.05) is 27.0 Å². The molecule has 1 aliphatic heterocycles. The summed E-state index contributed by atoms with van der Waals surface area (Å²) in [6, 6.07) is 16.2.